The van der Waals surface area contributed by atoms with Crippen LogP contribution in [-0.2, 0) is 11.8 Å². The lowest BCUT2D eigenvalue weighted by atomic mass is 10.0. The van der Waals surface area contributed by atoms with Gasteiger partial charge < -0.3 is 16.0 Å². The highest BCUT2D eigenvalue weighted by Crippen LogP contribution is 2.19. The lowest BCUT2D eigenvalue weighted by Gasteiger charge is -2.33. The van der Waals surface area contributed by atoms with Crippen molar-refractivity contribution in [3.8, 4) is 0 Å². The Bertz CT molecular complexity index is 459. The van der Waals surface area contributed by atoms with E-state index < -0.39 is 0 Å². The molecular weight excluding hydrogens is 278 g/mol. The molecule has 0 aliphatic carbocycles. The first-order chi connectivity index (χ1) is 10.7. The molecule has 0 spiro atoms. The number of aryl methyl sites for hydroxylation is 1. The molecule has 0 bridgehead atoms. The molecule has 1 amide bonds. The van der Waals surface area contributed by atoms with Gasteiger partial charge in [0.2, 0.25) is 5.91 Å². The topological polar surface area (TPSA) is 76.2 Å². The van der Waals surface area contributed by atoms with Crippen molar-refractivity contribution in [3.05, 3.63) is 12.4 Å². The number of nitrogens with one attached hydrogen (secondary N) is 1. The maximum atomic E-state index is 12.0. The number of nitrogens with two attached hydrogens (primary N) is 1. The fourth-order valence-corrected chi connectivity index (χ4v) is 2.98. The first-order valence-corrected chi connectivity index (χ1v) is 8.42. The van der Waals surface area contributed by atoms with Crippen molar-refractivity contribution >= 4 is 11.6 Å². The number of hydrogen-bond acceptors (Lipinski definition) is 4. The van der Waals surface area contributed by atoms with Gasteiger partial charge in [0.05, 0.1) is 11.9 Å². The van der Waals surface area contributed by atoms with Crippen LogP contribution >= 0.6 is 0 Å². The highest BCUT2D eigenvalue weighted by Gasteiger charge is 2.22. The van der Waals surface area contributed by atoms with Crippen LogP contribution in [0.2, 0.25) is 0 Å². The molecule has 0 saturated carbocycles. The number of carbonyl (C=O) groups is 1. The number of rotatable bonds is 8. The van der Waals surface area contributed by atoms with Crippen molar-refractivity contribution in [2.45, 2.75) is 51.0 Å². The Kier molecular flexibility index (Phi) is 6.71. The van der Waals surface area contributed by atoms with Crippen LogP contribution in [0, 0.1) is 0 Å². The summed E-state index contributed by atoms with van der Waals surface area (Å²) in [7, 11) is 1.93. The minimum atomic E-state index is 0.186. The van der Waals surface area contributed by atoms with E-state index in [2.05, 4.69) is 15.3 Å². The first-order valence-electron chi connectivity index (χ1n) is 8.42. The molecule has 3 N–H and O–H groups in total. The molecule has 6 heteroatoms. The zero-order chi connectivity index (χ0) is 15.8. The molecule has 1 saturated heterocycles. The lowest BCUT2D eigenvalue weighted by molar-refractivity contribution is -0.122. The van der Waals surface area contributed by atoms with E-state index in [0.29, 0.717) is 6.42 Å². The SMILES string of the molecule is Cn1cc(N2CCCC(NC(=O)CCCCCCN)C2)cn1. The van der Waals surface area contributed by atoms with Crippen LogP contribution in [0.4, 0.5) is 5.69 Å². The smallest absolute Gasteiger partial charge is 0.220 e. The van der Waals surface area contributed by atoms with Gasteiger partial charge >= 0.3 is 0 Å². The summed E-state index contributed by atoms with van der Waals surface area (Å²) in [6, 6.07) is 0.255. The third kappa shape index (κ3) is 5.33. The first kappa shape index (κ1) is 16.8. The molecule has 1 unspecified atom stereocenters. The molecule has 1 atom stereocenters. The zero-order valence-electron chi connectivity index (χ0n) is 13.6. The van der Waals surface area contributed by atoms with Crippen LogP contribution in [-0.4, -0.2) is 41.4 Å². The number of amides is 1. The summed E-state index contributed by atoms with van der Waals surface area (Å²) in [4.78, 5) is 14.3. The Morgan fingerprint density at radius 3 is 2.95 bits per heavy atom. The summed E-state index contributed by atoms with van der Waals surface area (Å²) in [6.45, 7) is 2.67. The fraction of sp³-hybridized carbons (Fsp3) is 0.750. The van der Waals surface area contributed by atoms with Crippen molar-refractivity contribution < 1.29 is 4.79 Å². The van der Waals surface area contributed by atoms with Crippen molar-refractivity contribution in [3.63, 3.8) is 0 Å². The van der Waals surface area contributed by atoms with Crippen LogP contribution in [0.15, 0.2) is 12.4 Å². The molecular formula is C16H29N5O. The average molecular weight is 307 g/mol. The molecule has 6 nitrogen and oxygen atoms in total. The zero-order valence-corrected chi connectivity index (χ0v) is 13.6. The molecule has 1 aromatic heterocycles. The molecule has 22 heavy (non-hydrogen) atoms. The highest BCUT2D eigenvalue weighted by atomic mass is 16.1. The van der Waals surface area contributed by atoms with Crippen LogP contribution in [0.3, 0.4) is 0 Å². The van der Waals surface area contributed by atoms with Crippen LogP contribution in [0.1, 0.15) is 44.9 Å². The van der Waals surface area contributed by atoms with Crippen LogP contribution in [0.5, 0.6) is 0 Å². The molecule has 124 valence electrons. The maximum absolute atomic E-state index is 12.0. The fourth-order valence-electron chi connectivity index (χ4n) is 2.98. The molecule has 1 aliphatic heterocycles. The minimum absolute atomic E-state index is 0.186. The van der Waals surface area contributed by atoms with Gasteiger partial charge in [0.25, 0.3) is 0 Å². The van der Waals surface area contributed by atoms with E-state index in [1.165, 1.54) is 0 Å². The number of aromatic nitrogens is 2. The largest absolute Gasteiger partial charge is 0.367 e. The van der Waals surface area contributed by atoms with Crippen molar-refractivity contribution in [2.24, 2.45) is 12.8 Å². The molecule has 2 heterocycles. The monoisotopic (exact) mass is 307 g/mol. The number of carbonyl (C=O) groups excluding carboxylic acids is 1. The summed E-state index contributed by atoms with van der Waals surface area (Å²) in [5.74, 6) is 0.186. The third-order valence-electron chi connectivity index (χ3n) is 4.20. The van der Waals surface area contributed by atoms with Gasteiger partial charge in [-0.15, -0.1) is 0 Å². The standard InChI is InChI=1S/C16H29N5O/c1-20-13-15(11-18-20)21-10-6-7-14(12-21)19-16(22)8-4-2-3-5-9-17/h11,13-14H,2-10,12,17H2,1H3,(H,19,22). The summed E-state index contributed by atoms with van der Waals surface area (Å²) < 4.78 is 1.82. The van der Waals surface area contributed by atoms with Gasteiger partial charge in [0.15, 0.2) is 0 Å². The van der Waals surface area contributed by atoms with E-state index in [-0.39, 0.29) is 11.9 Å². The van der Waals surface area contributed by atoms with Gasteiger partial charge in [-0.3, -0.25) is 9.48 Å². The third-order valence-corrected chi connectivity index (χ3v) is 4.20. The van der Waals surface area contributed by atoms with E-state index >= 15 is 0 Å². The number of hydrogen-bond donors (Lipinski definition) is 2. The normalized spacial score (nSPS) is 18.5. The maximum Gasteiger partial charge on any atom is 0.220 e. The number of anilines is 1. The van der Waals surface area contributed by atoms with Crippen LogP contribution < -0.4 is 16.0 Å². The van der Waals surface area contributed by atoms with E-state index in [1.54, 1.807) is 0 Å². The van der Waals surface area contributed by atoms with E-state index in [1.807, 2.05) is 24.1 Å². The average Bonchev–Trinajstić information content (AvgIpc) is 2.94. The van der Waals surface area contributed by atoms with E-state index in [9.17, 15) is 4.79 Å². The predicted octanol–water partition coefficient (Wildman–Crippen LogP) is 1.41. The van der Waals surface area contributed by atoms with Crippen LogP contribution in [0.25, 0.3) is 0 Å². The molecule has 1 aliphatic rings. The van der Waals surface area contributed by atoms with Crippen molar-refractivity contribution in [2.75, 3.05) is 24.5 Å². The summed E-state index contributed by atoms with van der Waals surface area (Å²) in [5.41, 5.74) is 6.61. The second kappa shape index (κ2) is 8.78. The van der Waals surface area contributed by atoms with E-state index in [4.69, 9.17) is 5.73 Å². The molecule has 0 aromatic carbocycles. The Labute approximate surface area is 133 Å². The van der Waals surface area contributed by atoms with Gasteiger partial charge in [-0.05, 0) is 32.2 Å². The number of nitrogens with zero attached hydrogens (tertiary/aromatic N) is 3. The van der Waals surface area contributed by atoms with Gasteiger partial charge in [0.1, 0.15) is 0 Å². The van der Waals surface area contributed by atoms with Gasteiger partial charge in [-0.2, -0.15) is 5.10 Å². The molecule has 0 radical (unpaired) electrons. The second-order valence-corrected chi connectivity index (χ2v) is 6.18. The Morgan fingerprint density at radius 1 is 1.41 bits per heavy atom. The molecule has 1 aromatic rings. The Balaban J connectivity index is 1.70. The molecule has 1 fully saturated rings. The summed E-state index contributed by atoms with van der Waals surface area (Å²) in [5, 5.41) is 7.41. The Hall–Kier alpha value is -1.56. The van der Waals surface area contributed by atoms with Crippen molar-refractivity contribution in [1.29, 1.82) is 0 Å². The van der Waals surface area contributed by atoms with Gasteiger partial charge in [-0.1, -0.05) is 12.8 Å². The summed E-state index contributed by atoms with van der Waals surface area (Å²) >= 11 is 0. The van der Waals surface area contributed by atoms with Gasteiger partial charge in [-0.25, -0.2) is 0 Å². The van der Waals surface area contributed by atoms with Gasteiger partial charge in [0, 0.05) is 38.8 Å². The number of piperidine rings is 1. The van der Waals surface area contributed by atoms with E-state index in [0.717, 1.165) is 63.8 Å². The highest BCUT2D eigenvalue weighted by molar-refractivity contribution is 5.76. The summed E-state index contributed by atoms with van der Waals surface area (Å²) in [6.07, 6.45) is 11.0. The Morgan fingerprint density at radius 2 is 2.23 bits per heavy atom. The number of unbranched alkanes of at least 4 members (excludes halogenated alkanes) is 3. The minimum Gasteiger partial charge on any atom is -0.367 e. The molecule has 2 rings (SSSR count). The van der Waals surface area contributed by atoms with Crippen molar-refractivity contribution in [1.82, 2.24) is 15.1 Å². The lowest BCUT2D eigenvalue weighted by Crippen LogP contribution is -2.47. The predicted molar refractivity (Wildman–Crippen MR) is 88.7 cm³/mol. The quantitative estimate of drug-likeness (QED) is 0.712. The second-order valence-electron chi connectivity index (χ2n) is 6.18.